The van der Waals surface area contributed by atoms with E-state index in [1.165, 1.54) is 19.8 Å². The van der Waals surface area contributed by atoms with Crippen LogP contribution in [-0.2, 0) is 4.79 Å². The number of hydrogen-bond acceptors (Lipinski definition) is 2. The topological polar surface area (TPSA) is 41.5 Å². The first-order valence-corrected chi connectivity index (χ1v) is 3.51. The van der Waals surface area contributed by atoms with Gasteiger partial charge in [-0.1, -0.05) is 0 Å². The van der Waals surface area contributed by atoms with E-state index in [1.54, 1.807) is 0 Å². The third-order valence-corrected chi connectivity index (χ3v) is 1.56. The summed E-state index contributed by atoms with van der Waals surface area (Å²) in [5, 5.41) is 3.90. The van der Waals surface area contributed by atoms with Gasteiger partial charge in [0.2, 0.25) is 5.91 Å². The van der Waals surface area contributed by atoms with Gasteiger partial charge in [-0.3, -0.25) is 4.79 Å². The Bertz CT molecular complexity index is 170. The number of rotatable bonds is 2. The van der Waals surface area contributed by atoms with Gasteiger partial charge in [-0.25, -0.2) is 5.43 Å². The Morgan fingerprint density at radius 1 is 1.50 bits per heavy atom. The van der Waals surface area contributed by atoms with E-state index in [9.17, 15) is 4.79 Å². The van der Waals surface area contributed by atoms with Crippen LogP contribution in [0, 0.1) is 5.92 Å². The van der Waals surface area contributed by atoms with E-state index in [-0.39, 0.29) is 5.91 Å². The molecule has 1 aliphatic carbocycles. The lowest BCUT2D eigenvalue weighted by atomic mass is 10.3. The van der Waals surface area contributed by atoms with Crippen LogP contribution in [0.2, 0.25) is 0 Å². The van der Waals surface area contributed by atoms with E-state index in [2.05, 4.69) is 10.5 Å². The molecule has 3 nitrogen and oxygen atoms in total. The fourth-order valence-electron chi connectivity index (χ4n) is 0.759. The monoisotopic (exact) mass is 140 g/mol. The van der Waals surface area contributed by atoms with Crippen LogP contribution >= 0.6 is 0 Å². The lowest BCUT2D eigenvalue weighted by Crippen LogP contribution is -2.15. The molecule has 1 N–H and O–H groups in total. The van der Waals surface area contributed by atoms with Gasteiger partial charge in [0, 0.05) is 12.6 Å². The molecule has 10 heavy (non-hydrogen) atoms. The third kappa shape index (κ3) is 2.17. The highest BCUT2D eigenvalue weighted by Gasteiger charge is 2.24. The van der Waals surface area contributed by atoms with Gasteiger partial charge in [0.15, 0.2) is 0 Å². The first-order chi connectivity index (χ1) is 4.70. The van der Waals surface area contributed by atoms with Crippen LogP contribution in [-0.4, -0.2) is 11.6 Å². The molecule has 1 saturated carbocycles. The van der Waals surface area contributed by atoms with Crippen molar-refractivity contribution in [1.29, 1.82) is 0 Å². The van der Waals surface area contributed by atoms with Crippen molar-refractivity contribution in [2.45, 2.75) is 26.7 Å². The van der Waals surface area contributed by atoms with Gasteiger partial charge < -0.3 is 0 Å². The summed E-state index contributed by atoms with van der Waals surface area (Å²) in [5.41, 5.74) is 3.47. The molecule has 0 aromatic carbocycles. The maximum atomic E-state index is 10.4. The summed E-state index contributed by atoms with van der Waals surface area (Å²) in [5.74, 6) is 0.548. The molecule has 1 aliphatic rings. The molecule has 0 aliphatic heterocycles. The minimum atomic E-state index is -0.0972. The predicted molar refractivity (Wildman–Crippen MR) is 39.6 cm³/mol. The molecule has 0 spiro atoms. The van der Waals surface area contributed by atoms with Crippen LogP contribution in [0.4, 0.5) is 0 Å². The van der Waals surface area contributed by atoms with E-state index in [0.29, 0.717) is 5.92 Å². The Balaban J connectivity index is 2.30. The summed E-state index contributed by atoms with van der Waals surface area (Å²) in [6.07, 6.45) is 2.46. The minimum absolute atomic E-state index is 0.0972. The Kier molecular flexibility index (Phi) is 2.04. The standard InChI is InChI=1S/C7H12N2O/c1-5(7-3-4-7)8-9-6(2)10/h7H,3-4H2,1-2H3,(H,9,10). The van der Waals surface area contributed by atoms with Crippen molar-refractivity contribution in [3.05, 3.63) is 0 Å². The maximum absolute atomic E-state index is 10.4. The lowest BCUT2D eigenvalue weighted by molar-refractivity contribution is -0.118. The van der Waals surface area contributed by atoms with Crippen LogP contribution in [0.1, 0.15) is 26.7 Å². The molecule has 0 bridgehead atoms. The lowest BCUT2D eigenvalue weighted by Gasteiger charge is -1.95. The first-order valence-electron chi connectivity index (χ1n) is 3.51. The third-order valence-electron chi connectivity index (χ3n) is 1.56. The van der Waals surface area contributed by atoms with Gasteiger partial charge in [-0.2, -0.15) is 5.10 Å². The molecule has 0 aromatic rings. The van der Waals surface area contributed by atoms with Crippen molar-refractivity contribution < 1.29 is 4.79 Å². The molecule has 0 aromatic heterocycles. The maximum Gasteiger partial charge on any atom is 0.236 e. The highest BCUT2D eigenvalue weighted by atomic mass is 16.2. The fourth-order valence-corrected chi connectivity index (χ4v) is 0.759. The molecule has 0 radical (unpaired) electrons. The molecule has 0 heterocycles. The molecule has 0 atom stereocenters. The van der Waals surface area contributed by atoms with Crippen LogP contribution < -0.4 is 5.43 Å². The molecule has 1 rings (SSSR count). The van der Waals surface area contributed by atoms with Crippen molar-refractivity contribution in [3.8, 4) is 0 Å². The molecular formula is C7H12N2O. The summed E-state index contributed by atoms with van der Waals surface area (Å²) in [4.78, 5) is 10.4. The van der Waals surface area contributed by atoms with Crippen molar-refractivity contribution in [1.82, 2.24) is 5.43 Å². The van der Waals surface area contributed by atoms with Gasteiger partial charge >= 0.3 is 0 Å². The highest BCUT2D eigenvalue weighted by Crippen LogP contribution is 2.29. The summed E-state index contributed by atoms with van der Waals surface area (Å²) < 4.78 is 0. The Morgan fingerprint density at radius 3 is 2.50 bits per heavy atom. The van der Waals surface area contributed by atoms with Crippen LogP contribution in [0.5, 0.6) is 0 Å². The van der Waals surface area contributed by atoms with Gasteiger partial charge in [0.05, 0.1) is 0 Å². The first kappa shape index (κ1) is 7.25. The highest BCUT2D eigenvalue weighted by molar-refractivity contribution is 5.87. The molecule has 3 heteroatoms. The molecule has 56 valence electrons. The zero-order chi connectivity index (χ0) is 7.56. The second-order valence-electron chi connectivity index (χ2n) is 2.70. The Labute approximate surface area is 60.5 Å². The number of amides is 1. The number of nitrogens with zero attached hydrogens (tertiary/aromatic N) is 1. The molecule has 1 amide bonds. The summed E-state index contributed by atoms with van der Waals surface area (Å²) in [7, 11) is 0. The van der Waals surface area contributed by atoms with E-state index in [1.807, 2.05) is 6.92 Å². The van der Waals surface area contributed by atoms with E-state index in [0.717, 1.165) is 5.71 Å². The van der Waals surface area contributed by atoms with Crippen molar-refractivity contribution in [2.75, 3.05) is 0 Å². The number of carbonyl (C=O) groups excluding carboxylic acids is 1. The number of hydrogen-bond donors (Lipinski definition) is 1. The SMILES string of the molecule is CC(=O)NN=C(C)C1CC1. The molecule has 0 saturated heterocycles. The summed E-state index contributed by atoms with van der Waals surface area (Å²) >= 11 is 0. The van der Waals surface area contributed by atoms with Gasteiger partial charge in [0.1, 0.15) is 0 Å². The Morgan fingerprint density at radius 2 is 2.10 bits per heavy atom. The minimum Gasteiger partial charge on any atom is -0.274 e. The predicted octanol–water partition coefficient (Wildman–Crippen LogP) is 0.908. The van der Waals surface area contributed by atoms with Crippen molar-refractivity contribution in [3.63, 3.8) is 0 Å². The Hall–Kier alpha value is -0.860. The van der Waals surface area contributed by atoms with Crippen molar-refractivity contribution in [2.24, 2.45) is 11.0 Å². The fraction of sp³-hybridized carbons (Fsp3) is 0.714. The van der Waals surface area contributed by atoms with Gasteiger partial charge in [0.25, 0.3) is 0 Å². The molecular weight excluding hydrogens is 128 g/mol. The number of carbonyl (C=O) groups is 1. The average molecular weight is 140 g/mol. The van der Waals surface area contributed by atoms with Crippen LogP contribution in [0.15, 0.2) is 5.10 Å². The number of nitrogens with one attached hydrogen (secondary N) is 1. The smallest absolute Gasteiger partial charge is 0.236 e. The van der Waals surface area contributed by atoms with E-state index in [4.69, 9.17) is 0 Å². The summed E-state index contributed by atoms with van der Waals surface area (Å²) in [6, 6.07) is 0. The van der Waals surface area contributed by atoms with E-state index < -0.39 is 0 Å². The molecule has 0 unspecified atom stereocenters. The van der Waals surface area contributed by atoms with Gasteiger partial charge in [-0.05, 0) is 25.7 Å². The van der Waals surface area contributed by atoms with Crippen molar-refractivity contribution >= 4 is 11.6 Å². The quantitative estimate of drug-likeness (QED) is 0.449. The molecule has 1 fully saturated rings. The second kappa shape index (κ2) is 2.82. The average Bonchev–Trinajstić information content (AvgIpc) is 2.63. The largest absolute Gasteiger partial charge is 0.274 e. The number of hydrazone groups is 1. The zero-order valence-electron chi connectivity index (χ0n) is 6.35. The van der Waals surface area contributed by atoms with E-state index >= 15 is 0 Å². The van der Waals surface area contributed by atoms with Crippen LogP contribution in [0.3, 0.4) is 0 Å². The summed E-state index contributed by atoms with van der Waals surface area (Å²) in [6.45, 7) is 3.41. The van der Waals surface area contributed by atoms with Crippen LogP contribution in [0.25, 0.3) is 0 Å². The normalized spacial score (nSPS) is 18.8. The second-order valence-corrected chi connectivity index (χ2v) is 2.70. The zero-order valence-corrected chi connectivity index (χ0v) is 6.35. The van der Waals surface area contributed by atoms with Gasteiger partial charge in [-0.15, -0.1) is 0 Å².